The summed E-state index contributed by atoms with van der Waals surface area (Å²) in [6.45, 7) is 1.43. The van der Waals surface area contributed by atoms with Crippen molar-refractivity contribution in [3.63, 3.8) is 0 Å². The first-order valence-corrected chi connectivity index (χ1v) is 4.72. The monoisotopic (exact) mass is 219 g/mol. The first-order valence-electron chi connectivity index (χ1n) is 3.96. The SMILES string of the molecule is CNCCOc1ccc(Cl)c(Cl)c1. The van der Waals surface area contributed by atoms with Gasteiger partial charge in [-0.2, -0.15) is 0 Å². The van der Waals surface area contributed by atoms with Crippen LogP contribution in [0.4, 0.5) is 0 Å². The van der Waals surface area contributed by atoms with E-state index in [9.17, 15) is 0 Å². The lowest BCUT2D eigenvalue weighted by atomic mass is 10.3. The van der Waals surface area contributed by atoms with Crippen molar-refractivity contribution in [1.29, 1.82) is 0 Å². The summed E-state index contributed by atoms with van der Waals surface area (Å²) in [4.78, 5) is 0. The fraction of sp³-hybridized carbons (Fsp3) is 0.333. The Morgan fingerprint density at radius 2 is 2.08 bits per heavy atom. The third kappa shape index (κ3) is 3.43. The minimum Gasteiger partial charge on any atom is -0.492 e. The minimum absolute atomic E-state index is 0.517. The van der Waals surface area contributed by atoms with E-state index in [-0.39, 0.29) is 0 Å². The number of hydrogen-bond acceptors (Lipinski definition) is 2. The van der Waals surface area contributed by atoms with Crippen LogP contribution < -0.4 is 10.1 Å². The topological polar surface area (TPSA) is 21.3 Å². The van der Waals surface area contributed by atoms with Gasteiger partial charge < -0.3 is 10.1 Å². The van der Waals surface area contributed by atoms with Gasteiger partial charge in [-0.1, -0.05) is 23.2 Å². The lowest BCUT2D eigenvalue weighted by molar-refractivity contribution is 0.318. The maximum atomic E-state index is 5.80. The van der Waals surface area contributed by atoms with Gasteiger partial charge in [-0.05, 0) is 19.2 Å². The fourth-order valence-electron chi connectivity index (χ4n) is 0.838. The second-order valence-corrected chi connectivity index (χ2v) is 3.34. The van der Waals surface area contributed by atoms with Crippen LogP contribution in [0.25, 0.3) is 0 Å². The number of benzene rings is 1. The summed E-state index contributed by atoms with van der Waals surface area (Å²) in [5.41, 5.74) is 0. The van der Waals surface area contributed by atoms with Crippen molar-refractivity contribution in [2.24, 2.45) is 0 Å². The maximum absolute atomic E-state index is 5.80. The highest BCUT2D eigenvalue weighted by Gasteiger charge is 1.99. The Morgan fingerprint density at radius 1 is 1.31 bits per heavy atom. The van der Waals surface area contributed by atoms with Crippen molar-refractivity contribution in [3.8, 4) is 5.75 Å². The molecule has 0 fully saturated rings. The third-order valence-electron chi connectivity index (χ3n) is 1.51. The number of nitrogens with one attached hydrogen (secondary N) is 1. The molecule has 1 aromatic carbocycles. The molecule has 2 nitrogen and oxygen atoms in total. The first kappa shape index (κ1) is 10.6. The number of ether oxygens (including phenoxy) is 1. The molecule has 1 aromatic rings. The first-order chi connectivity index (χ1) is 6.24. The van der Waals surface area contributed by atoms with Gasteiger partial charge in [0.15, 0.2) is 0 Å². The molecule has 1 N–H and O–H groups in total. The van der Waals surface area contributed by atoms with Gasteiger partial charge in [0.25, 0.3) is 0 Å². The van der Waals surface area contributed by atoms with E-state index in [1.807, 2.05) is 7.05 Å². The molecule has 0 aliphatic heterocycles. The van der Waals surface area contributed by atoms with Crippen molar-refractivity contribution in [1.82, 2.24) is 5.32 Å². The average Bonchev–Trinajstić information content (AvgIpc) is 2.12. The molecular formula is C9H11Cl2NO. The molecule has 0 radical (unpaired) electrons. The van der Waals surface area contributed by atoms with Crippen molar-refractivity contribution in [2.75, 3.05) is 20.2 Å². The molecule has 72 valence electrons. The normalized spacial score (nSPS) is 10.1. The van der Waals surface area contributed by atoms with Crippen LogP contribution in [0, 0.1) is 0 Å². The van der Waals surface area contributed by atoms with Crippen LogP contribution in [0.2, 0.25) is 10.0 Å². The highest BCUT2D eigenvalue weighted by atomic mass is 35.5. The molecule has 0 heterocycles. The molecule has 0 saturated heterocycles. The standard InChI is InChI=1S/C9H11Cl2NO/c1-12-4-5-13-7-2-3-8(10)9(11)6-7/h2-3,6,12H,4-5H2,1H3. The predicted molar refractivity (Wildman–Crippen MR) is 55.9 cm³/mol. The van der Waals surface area contributed by atoms with Crippen LogP contribution in [-0.4, -0.2) is 20.2 Å². The van der Waals surface area contributed by atoms with Gasteiger partial charge in [-0.25, -0.2) is 0 Å². The molecule has 0 aromatic heterocycles. The smallest absolute Gasteiger partial charge is 0.120 e. The highest BCUT2D eigenvalue weighted by Crippen LogP contribution is 2.26. The van der Waals surface area contributed by atoms with Gasteiger partial charge in [0.05, 0.1) is 10.0 Å². The number of likely N-dealkylation sites (N-methyl/N-ethyl adjacent to an activating group) is 1. The Bertz CT molecular complexity index is 278. The molecule has 0 saturated carbocycles. The van der Waals surface area contributed by atoms with E-state index in [2.05, 4.69) is 5.32 Å². The van der Waals surface area contributed by atoms with Gasteiger partial charge in [0.1, 0.15) is 12.4 Å². The Hall–Kier alpha value is -0.440. The zero-order valence-corrected chi connectivity index (χ0v) is 8.82. The molecule has 0 bridgehead atoms. The maximum Gasteiger partial charge on any atom is 0.120 e. The van der Waals surface area contributed by atoms with Crippen molar-refractivity contribution >= 4 is 23.2 Å². The van der Waals surface area contributed by atoms with Gasteiger partial charge in [-0.3, -0.25) is 0 Å². The molecule has 0 aliphatic rings. The van der Waals surface area contributed by atoms with Crippen LogP contribution in [0.1, 0.15) is 0 Å². The average molecular weight is 220 g/mol. The second-order valence-electron chi connectivity index (χ2n) is 2.53. The molecule has 0 spiro atoms. The fourth-order valence-corrected chi connectivity index (χ4v) is 1.13. The Balaban J connectivity index is 2.53. The van der Waals surface area contributed by atoms with Crippen molar-refractivity contribution in [2.45, 2.75) is 0 Å². The summed E-state index contributed by atoms with van der Waals surface area (Å²) in [7, 11) is 1.87. The molecule has 0 aliphatic carbocycles. The summed E-state index contributed by atoms with van der Waals surface area (Å²) in [6, 6.07) is 5.22. The molecule has 1 rings (SSSR count). The zero-order chi connectivity index (χ0) is 9.68. The Labute approximate surface area is 87.8 Å². The van der Waals surface area contributed by atoms with Crippen molar-refractivity contribution < 1.29 is 4.74 Å². The Kier molecular flexibility index (Phi) is 4.36. The van der Waals surface area contributed by atoms with Crippen LogP contribution in [0.5, 0.6) is 5.75 Å². The van der Waals surface area contributed by atoms with Crippen LogP contribution >= 0.6 is 23.2 Å². The summed E-state index contributed by atoms with van der Waals surface area (Å²) >= 11 is 11.5. The van der Waals surface area contributed by atoms with E-state index >= 15 is 0 Å². The largest absolute Gasteiger partial charge is 0.492 e. The second kappa shape index (κ2) is 5.32. The van der Waals surface area contributed by atoms with Gasteiger partial charge in [0, 0.05) is 12.6 Å². The molecule has 0 amide bonds. The van der Waals surface area contributed by atoms with Gasteiger partial charge in [-0.15, -0.1) is 0 Å². The quantitative estimate of drug-likeness (QED) is 0.787. The summed E-state index contributed by atoms with van der Waals surface area (Å²) in [6.07, 6.45) is 0. The van der Waals surface area contributed by atoms with Crippen molar-refractivity contribution in [3.05, 3.63) is 28.2 Å². The van der Waals surface area contributed by atoms with E-state index < -0.39 is 0 Å². The van der Waals surface area contributed by atoms with E-state index in [4.69, 9.17) is 27.9 Å². The molecule has 0 atom stereocenters. The molecule has 0 unspecified atom stereocenters. The predicted octanol–water partition coefficient (Wildman–Crippen LogP) is 2.59. The van der Waals surface area contributed by atoms with Gasteiger partial charge in [0.2, 0.25) is 0 Å². The van der Waals surface area contributed by atoms with Crippen LogP contribution in [0.15, 0.2) is 18.2 Å². The number of rotatable bonds is 4. The Morgan fingerprint density at radius 3 is 2.69 bits per heavy atom. The summed E-state index contributed by atoms with van der Waals surface area (Å²) in [5.74, 6) is 0.740. The summed E-state index contributed by atoms with van der Waals surface area (Å²) < 4.78 is 5.38. The highest BCUT2D eigenvalue weighted by molar-refractivity contribution is 6.42. The van der Waals surface area contributed by atoms with E-state index in [0.29, 0.717) is 16.7 Å². The minimum atomic E-state index is 0.517. The molecule has 13 heavy (non-hydrogen) atoms. The van der Waals surface area contributed by atoms with E-state index in [1.165, 1.54) is 0 Å². The molecule has 4 heteroatoms. The van der Waals surface area contributed by atoms with Gasteiger partial charge >= 0.3 is 0 Å². The number of hydrogen-bond donors (Lipinski definition) is 1. The summed E-state index contributed by atoms with van der Waals surface area (Å²) in [5, 5.41) is 4.04. The van der Waals surface area contributed by atoms with Crippen LogP contribution in [-0.2, 0) is 0 Å². The third-order valence-corrected chi connectivity index (χ3v) is 2.25. The lowest BCUT2D eigenvalue weighted by Crippen LogP contribution is -2.15. The number of halogens is 2. The molecular weight excluding hydrogens is 209 g/mol. The zero-order valence-electron chi connectivity index (χ0n) is 7.31. The van der Waals surface area contributed by atoms with E-state index in [0.717, 1.165) is 12.3 Å². The van der Waals surface area contributed by atoms with Crippen LogP contribution in [0.3, 0.4) is 0 Å². The lowest BCUT2D eigenvalue weighted by Gasteiger charge is -2.06. The van der Waals surface area contributed by atoms with E-state index in [1.54, 1.807) is 18.2 Å².